The number of hydrogen-bond donors (Lipinski definition) is 2. The van der Waals surface area contributed by atoms with Crippen LogP contribution in [0.1, 0.15) is 16.1 Å². The van der Waals surface area contributed by atoms with Crippen molar-refractivity contribution >= 4 is 29.1 Å². The van der Waals surface area contributed by atoms with Gasteiger partial charge in [-0.2, -0.15) is 4.98 Å². The molecule has 0 spiro atoms. The maximum absolute atomic E-state index is 11.5. The van der Waals surface area contributed by atoms with Crippen LogP contribution in [-0.2, 0) is 4.74 Å². The largest absolute Gasteiger partial charge is 0.493 e. The van der Waals surface area contributed by atoms with Gasteiger partial charge in [0, 0.05) is 29.2 Å². The lowest BCUT2D eigenvalue weighted by Crippen LogP contribution is -2.03. The first-order chi connectivity index (χ1) is 14.0. The molecular weight excluding hydrogens is 372 g/mol. The van der Waals surface area contributed by atoms with E-state index in [2.05, 4.69) is 20.6 Å². The third-order valence-corrected chi connectivity index (χ3v) is 4.07. The fraction of sp³-hybridized carbons (Fsp3) is 0.190. The van der Waals surface area contributed by atoms with E-state index in [1.165, 1.54) is 7.11 Å². The number of anilines is 4. The van der Waals surface area contributed by atoms with E-state index in [-0.39, 0.29) is 5.97 Å². The van der Waals surface area contributed by atoms with Gasteiger partial charge in [-0.05, 0) is 43.3 Å². The van der Waals surface area contributed by atoms with E-state index in [0.29, 0.717) is 28.8 Å². The highest BCUT2D eigenvalue weighted by molar-refractivity contribution is 5.89. The zero-order valence-electron chi connectivity index (χ0n) is 16.6. The van der Waals surface area contributed by atoms with Crippen molar-refractivity contribution in [3.8, 4) is 11.5 Å². The summed E-state index contributed by atoms with van der Waals surface area (Å²) in [6.07, 6.45) is 0. The third-order valence-electron chi connectivity index (χ3n) is 4.07. The second-order valence-electron chi connectivity index (χ2n) is 6.11. The molecule has 0 saturated carbocycles. The molecule has 2 aromatic carbocycles. The summed E-state index contributed by atoms with van der Waals surface area (Å²) in [4.78, 5) is 20.5. The van der Waals surface area contributed by atoms with E-state index < -0.39 is 0 Å². The van der Waals surface area contributed by atoms with Gasteiger partial charge in [0.1, 0.15) is 5.82 Å². The molecule has 0 saturated heterocycles. The predicted molar refractivity (Wildman–Crippen MR) is 111 cm³/mol. The van der Waals surface area contributed by atoms with Gasteiger partial charge in [0.2, 0.25) is 5.95 Å². The Morgan fingerprint density at radius 1 is 0.828 bits per heavy atom. The summed E-state index contributed by atoms with van der Waals surface area (Å²) in [6.45, 7) is 1.88. The van der Waals surface area contributed by atoms with Crippen LogP contribution in [0.25, 0.3) is 0 Å². The average molecular weight is 394 g/mol. The molecule has 0 unspecified atom stereocenters. The number of nitrogens with one attached hydrogen (secondary N) is 2. The van der Waals surface area contributed by atoms with Crippen molar-refractivity contribution in [1.82, 2.24) is 9.97 Å². The zero-order valence-corrected chi connectivity index (χ0v) is 16.6. The van der Waals surface area contributed by atoms with Crippen molar-refractivity contribution in [2.45, 2.75) is 6.92 Å². The Hall–Kier alpha value is -3.81. The second-order valence-corrected chi connectivity index (χ2v) is 6.11. The molecule has 0 aliphatic heterocycles. The molecule has 0 bridgehead atoms. The number of ether oxygens (including phenoxy) is 3. The van der Waals surface area contributed by atoms with Crippen molar-refractivity contribution in [3.63, 3.8) is 0 Å². The van der Waals surface area contributed by atoms with Gasteiger partial charge in [-0.25, -0.2) is 9.78 Å². The number of carbonyl (C=O) groups excluding carboxylic acids is 1. The van der Waals surface area contributed by atoms with Crippen LogP contribution in [0.15, 0.2) is 48.5 Å². The van der Waals surface area contributed by atoms with Gasteiger partial charge in [0.15, 0.2) is 11.5 Å². The van der Waals surface area contributed by atoms with Crippen LogP contribution in [-0.4, -0.2) is 37.3 Å². The lowest BCUT2D eigenvalue weighted by Gasteiger charge is -2.12. The molecule has 0 aliphatic rings. The van der Waals surface area contributed by atoms with Gasteiger partial charge in [0.25, 0.3) is 0 Å². The van der Waals surface area contributed by atoms with Crippen LogP contribution in [0.3, 0.4) is 0 Å². The molecule has 1 aromatic heterocycles. The van der Waals surface area contributed by atoms with E-state index in [4.69, 9.17) is 14.2 Å². The van der Waals surface area contributed by atoms with Crippen molar-refractivity contribution in [2.75, 3.05) is 32.0 Å². The molecule has 29 heavy (non-hydrogen) atoms. The monoisotopic (exact) mass is 394 g/mol. The standard InChI is InChI=1S/C21H22N4O4/c1-13-11-19(23-15-7-5-14(6-8-15)20(26)29-4)25-21(22-13)24-16-9-10-17(27-2)18(12-16)28-3/h5-12H,1-4H3,(H2,22,23,24,25). The van der Waals surface area contributed by atoms with Gasteiger partial charge >= 0.3 is 5.97 Å². The van der Waals surface area contributed by atoms with Gasteiger partial charge < -0.3 is 24.8 Å². The maximum atomic E-state index is 11.5. The Balaban J connectivity index is 1.78. The Bertz CT molecular complexity index is 1010. The molecule has 3 rings (SSSR count). The average Bonchev–Trinajstić information content (AvgIpc) is 2.73. The molecule has 0 fully saturated rings. The summed E-state index contributed by atoms with van der Waals surface area (Å²) in [7, 11) is 4.52. The van der Waals surface area contributed by atoms with E-state index in [9.17, 15) is 4.79 Å². The smallest absolute Gasteiger partial charge is 0.337 e. The van der Waals surface area contributed by atoms with Gasteiger partial charge in [-0.1, -0.05) is 0 Å². The highest BCUT2D eigenvalue weighted by Gasteiger charge is 2.08. The highest BCUT2D eigenvalue weighted by Crippen LogP contribution is 2.31. The Morgan fingerprint density at radius 3 is 2.17 bits per heavy atom. The molecule has 1 heterocycles. The Kier molecular flexibility index (Phi) is 6.13. The van der Waals surface area contributed by atoms with E-state index in [1.807, 2.05) is 25.1 Å². The first-order valence-corrected chi connectivity index (χ1v) is 8.82. The lowest BCUT2D eigenvalue weighted by molar-refractivity contribution is 0.0601. The summed E-state index contributed by atoms with van der Waals surface area (Å²) in [5, 5.41) is 6.38. The maximum Gasteiger partial charge on any atom is 0.337 e. The predicted octanol–water partition coefficient (Wildman–Crippen LogP) is 4.08. The van der Waals surface area contributed by atoms with Crippen LogP contribution in [0, 0.1) is 6.92 Å². The summed E-state index contributed by atoms with van der Waals surface area (Å²) < 4.78 is 15.3. The third kappa shape index (κ3) is 4.92. The topological polar surface area (TPSA) is 94.6 Å². The van der Waals surface area contributed by atoms with Crippen molar-refractivity contribution in [2.24, 2.45) is 0 Å². The fourth-order valence-corrected chi connectivity index (χ4v) is 2.69. The number of aromatic nitrogens is 2. The highest BCUT2D eigenvalue weighted by atomic mass is 16.5. The molecular formula is C21H22N4O4. The number of esters is 1. The Labute approximate surface area is 168 Å². The summed E-state index contributed by atoms with van der Waals surface area (Å²) in [5.74, 6) is 1.92. The molecule has 8 heteroatoms. The number of methoxy groups -OCH3 is 3. The van der Waals surface area contributed by atoms with Gasteiger partial charge in [-0.15, -0.1) is 0 Å². The zero-order chi connectivity index (χ0) is 20.8. The molecule has 0 radical (unpaired) electrons. The second kappa shape index (κ2) is 8.92. The fourth-order valence-electron chi connectivity index (χ4n) is 2.69. The van der Waals surface area contributed by atoms with Crippen LogP contribution >= 0.6 is 0 Å². The van der Waals surface area contributed by atoms with Crippen LogP contribution < -0.4 is 20.1 Å². The molecule has 2 N–H and O–H groups in total. The summed E-state index contributed by atoms with van der Waals surface area (Å²) in [6, 6.07) is 14.2. The quantitative estimate of drug-likeness (QED) is 0.579. The number of aryl methyl sites for hydroxylation is 1. The van der Waals surface area contributed by atoms with Crippen LogP contribution in [0.5, 0.6) is 11.5 Å². The molecule has 8 nitrogen and oxygen atoms in total. The Morgan fingerprint density at radius 2 is 1.52 bits per heavy atom. The summed E-state index contributed by atoms with van der Waals surface area (Å²) >= 11 is 0. The number of benzene rings is 2. The van der Waals surface area contributed by atoms with Gasteiger partial charge in [-0.3, -0.25) is 0 Å². The summed E-state index contributed by atoms with van der Waals surface area (Å²) in [5.41, 5.74) is 2.82. The van der Waals surface area contributed by atoms with E-state index in [0.717, 1.165) is 17.1 Å². The molecule has 3 aromatic rings. The molecule has 0 aliphatic carbocycles. The minimum atomic E-state index is -0.379. The number of nitrogens with zero attached hydrogens (tertiary/aromatic N) is 2. The van der Waals surface area contributed by atoms with E-state index in [1.54, 1.807) is 44.6 Å². The number of carbonyl (C=O) groups is 1. The van der Waals surface area contributed by atoms with Crippen LogP contribution in [0.4, 0.5) is 23.1 Å². The first kappa shape index (κ1) is 19.9. The lowest BCUT2D eigenvalue weighted by atomic mass is 10.2. The van der Waals surface area contributed by atoms with Gasteiger partial charge in [0.05, 0.1) is 26.9 Å². The minimum Gasteiger partial charge on any atom is -0.493 e. The van der Waals surface area contributed by atoms with Crippen molar-refractivity contribution < 1.29 is 19.0 Å². The molecule has 150 valence electrons. The first-order valence-electron chi connectivity index (χ1n) is 8.82. The van der Waals surface area contributed by atoms with Crippen molar-refractivity contribution in [1.29, 1.82) is 0 Å². The molecule has 0 atom stereocenters. The number of rotatable bonds is 7. The minimum absolute atomic E-state index is 0.379. The number of hydrogen-bond acceptors (Lipinski definition) is 8. The normalized spacial score (nSPS) is 10.2. The van der Waals surface area contributed by atoms with E-state index >= 15 is 0 Å². The molecule has 0 amide bonds. The van der Waals surface area contributed by atoms with Crippen molar-refractivity contribution in [3.05, 3.63) is 59.8 Å². The van der Waals surface area contributed by atoms with Crippen LogP contribution in [0.2, 0.25) is 0 Å². The SMILES string of the molecule is COC(=O)c1ccc(Nc2cc(C)nc(Nc3ccc(OC)c(OC)c3)n2)cc1.